The van der Waals surface area contributed by atoms with Crippen LogP contribution < -0.4 is 10.9 Å². The van der Waals surface area contributed by atoms with Crippen molar-refractivity contribution in [2.75, 3.05) is 5.43 Å². The highest BCUT2D eigenvalue weighted by Crippen LogP contribution is 2.33. The molecule has 0 saturated heterocycles. The van der Waals surface area contributed by atoms with Crippen molar-refractivity contribution in [1.82, 2.24) is 5.43 Å². The SMILES string of the molecule is O=C(NNc1cccc(Cl)c1)C(O)(c1ccccc1)c1cccs1. The third-order valence-corrected chi connectivity index (χ3v) is 4.76. The van der Waals surface area contributed by atoms with Crippen LogP contribution in [0.15, 0.2) is 72.1 Å². The second-order valence-corrected chi connectivity index (χ2v) is 6.53. The quantitative estimate of drug-likeness (QED) is 0.608. The van der Waals surface area contributed by atoms with Gasteiger partial charge in [0, 0.05) is 5.02 Å². The van der Waals surface area contributed by atoms with Crippen molar-refractivity contribution < 1.29 is 9.90 Å². The summed E-state index contributed by atoms with van der Waals surface area (Å²) in [4.78, 5) is 13.3. The van der Waals surface area contributed by atoms with Crippen LogP contribution in [0.5, 0.6) is 0 Å². The summed E-state index contributed by atoms with van der Waals surface area (Å²) in [5, 5.41) is 13.5. The van der Waals surface area contributed by atoms with E-state index < -0.39 is 11.5 Å². The standard InChI is InChI=1S/C18H15ClN2O2S/c19-14-8-4-9-15(12-14)20-21-17(22)18(23,16-10-5-11-24-16)13-6-2-1-3-7-13/h1-12,20,23H,(H,21,22). The summed E-state index contributed by atoms with van der Waals surface area (Å²) in [5.74, 6) is -0.573. The van der Waals surface area contributed by atoms with Crippen molar-refractivity contribution in [2.24, 2.45) is 0 Å². The number of halogens is 1. The molecule has 0 aliphatic carbocycles. The number of hydrogen-bond acceptors (Lipinski definition) is 4. The van der Waals surface area contributed by atoms with E-state index in [0.29, 0.717) is 21.2 Å². The second kappa shape index (κ2) is 7.05. The predicted octanol–water partition coefficient (Wildman–Crippen LogP) is 3.78. The van der Waals surface area contributed by atoms with E-state index in [4.69, 9.17) is 11.6 Å². The summed E-state index contributed by atoms with van der Waals surface area (Å²) in [7, 11) is 0. The zero-order valence-corrected chi connectivity index (χ0v) is 14.1. The van der Waals surface area contributed by atoms with E-state index in [1.807, 2.05) is 11.4 Å². The van der Waals surface area contributed by atoms with Crippen LogP contribution >= 0.6 is 22.9 Å². The maximum Gasteiger partial charge on any atom is 0.280 e. The van der Waals surface area contributed by atoms with E-state index in [2.05, 4.69) is 10.9 Å². The molecule has 3 rings (SSSR count). The molecule has 0 radical (unpaired) electrons. The number of carbonyl (C=O) groups is 1. The maximum atomic E-state index is 12.8. The summed E-state index contributed by atoms with van der Waals surface area (Å²) in [6, 6.07) is 19.3. The van der Waals surface area contributed by atoms with Crippen molar-refractivity contribution in [3.8, 4) is 0 Å². The van der Waals surface area contributed by atoms with Crippen LogP contribution in [0.2, 0.25) is 5.02 Å². The molecular formula is C18H15ClN2O2S. The Morgan fingerprint density at radius 3 is 2.50 bits per heavy atom. The molecule has 122 valence electrons. The molecule has 0 fully saturated rings. The Morgan fingerprint density at radius 1 is 1.04 bits per heavy atom. The van der Waals surface area contributed by atoms with Gasteiger partial charge in [-0.05, 0) is 35.2 Å². The molecule has 1 heterocycles. The highest BCUT2D eigenvalue weighted by molar-refractivity contribution is 7.10. The fraction of sp³-hybridized carbons (Fsp3) is 0.0556. The molecule has 1 unspecified atom stereocenters. The topological polar surface area (TPSA) is 61.4 Å². The number of anilines is 1. The number of rotatable bonds is 5. The fourth-order valence-corrected chi connectivity index (χ4v) is 3.37. The van der Waals surface area contributed by atoms with Crippen molar-refractivity contribution in [1.29, 1.82) is 0 Å². The smallest absolute Gasteiger partial charge is 0.280 e. The zero-order chi connectivity index (χ0) is 17.0. The van der Waals surface area contributed by atoms with Crippen LogP contribution in [0.1, 0.15) is 10.4 Å². The van der Waals surface area contributed by atoms with Crippen molar-refractivity contribution in [2.45, 2.75) is 5.60 Å². The summed E-state index contributed by atoms with van der Waals surface area (Å²) < 4.78 is 0. The molecule has 1 aromatic heterocycles. The highest BCUT2D eigenvalue weighted by Gasteiger charge is 2.41. The maximum absolute atomic E-state index is 12.8. The fourth-order valence-electron chi connectivity index (χ4n) is 2.33. The van der Waals surface area contributed by atoms with Gasteiger partial charge >= 0.3 is 0 Å². The Labute approximate surface area is 148 Å². The predicted molar refractivity (Wildman–Crippen MR) is 97.0 cm³/mol. The van der Waals surface area contributed by atoms with Gasteiger partial charge in [0.15, 0.2) is 0 Å². The molecule has 0 saturated carbocycles. The molecule has 1 amide bonds. The molecule has 4 nitrogen and oxygen atoms in total. The van der Waals surface area contributed by atoms with Crippen molar-refractivity contribution in [3.05, 3.63) is 87.6 Å². The molecule has 0 spiro atoms. The summed E-state index contributed by atoms with van der Waals surface area (Å²) in [6.45, 7) is 0. The molecule has 3 aromatic rings. The van der Waals surface area contributed by atoms with Gasteiger partial charge in [0.1, 0.15) is 0 Å². The number of aliphatic hydroxyl groups is 1. The molecular weight excluding hydrogens is 344 g/mol. The Kier molecular flexibility index (Phi) is 4.85. The van der Waals surface area contributed by atoms with Crippen LogP contribution in [0.3, 0.4) is 0 Å². The third kappa shape index (κ3) is 3.28. The minimum Gasteiger partial charge on any atom is -0.371 e. The first-order valence-electron chi connectivity index (χ1n) is 7.24. The van der Waals surface area contributed by atoms with Crippen LogP contribution in [0, 0.1) is 0 Å². The van der Waals surface area contributed by atoms with Gasteiger partial charge in [0.25, 0.3) is 5.91 Å². The Morgan fingerprint density at radius 2 is 1.83 bits per heavy atom. The number of nitrogens with one attached hydrogen (secondary N) is 2. The van der Waals surface area contributed by atoms with E-state index in [1.165, 1.54) is 11.3 Å². The first-order chi connectivity index (χ1) is 11.6. The lowest BCUT2D eigenvalue weighted by atomic mass is 9.91. The zero-order valence-electron chi connectivity index (χ0n) is 12.6. The van der Waals surface area contributed by atoms with E-state index in [1.54, 1.807) is 60.7 Å². The number of carbonyl (C=O) groups excluding carboxylic acids is 1. The van der Waals surface area contributed by atoms with Crippen LogP contribution in [0.4, 0.5) is 5.69 Å². The lowest BCUT2D eigenvalue weighted by Crippen LogP contribution is -2.47. The van der Waals surface area contributed by atoms with Crippen molar-refractivity contribution >= 4 is 34.5 Å². The lowest BCUT2D eigenvalue weighted by molar-refractivity contribution is -0.135. The van der Waals surface area contributed by atoms with Gasteiger partial charge in [-0.15, -0.1) is 11.3 Å². The Hall–Kier alpha value is -2.34. The number of hydrogen-bond donors (Lipinski definition) is 3. The van der Waals surface area contributed by atoms with Gasteiger partial charge in [-0.1, -0.05) is 54.1 Å². The molecule has 6 heteroatoms. The van der Waals surface area contributed by atoms with E-state index in [0.717, 1.165) is 0 Å². The monoisotopic (exact) mass is 358 g/mol. The third-order valence-electron chi connectivity index (χ3n) is 3.54. The number of thiophene rings is 1. The summed E-state index contributed by atoms with van der Waals surface area (Å²) >= 11 is 7.24. The molecule has 24 heavy (non-hydrogen) atoms. The van der Waals surface area contributed by atoms with Gasteiger partial charge in [-0.3, -0.25) is 15.6 Å². The average molecular weight is 359 g/mol. The van der Waals surface area contributed by atoms with Gasteiger partial charge in [-0.25, -0.2) is 0 Å². The average Bonchev–Trinajstić information content (AvgIpc) is 3.15. The molecule has 1 atom stereocenters. The number of hydrazine groups is 1. The minimum absolute atomic E-state index is 0.498. The summed E-state index contributed by atoms with van der Waals surface area (Å²) in [6.07, 6.45) is 0. The lowest BCUT2D eigenvalue weighted by Gasteiger charge is -2.26. The minimum atomic E-state index is -1.78. The Bertz CT molecular complexity index is 824. The van der Waals surface area contributed by atoms with Crippen LogP contribution in [-0.2, 0) is 10.4 Å². The first kappa shape index (κ1) is 16.5. The number of benzene rings is 2. The molecule has 0 aliphatic heterocycles. The van der Waals surface area contributed by atoms with Gasteiger partial charge < -0.3 is 5.11 Å². The highest BCUT2D eigenvalue weighted by atomic mass is 35.5. The molecule has 3 N–H and O–H groups in total. The largest absolute Gasteiger partial charge is 0.371 e. The molecule has 0 aliphatic rings. The van der Waals surface area contributed by atoms with E-state index >= 15 is 0 Å². The van der Waals surface area contributed by atoms with E-state index in [-0.39, 0.29) is 0 Å². The number of amides is 1. The Balaban J connectivity index is 1.87. The first-order valence-corrected chi connectivity index (χ1v) is 8.50. The normalized spacial score (nSPS) is 13.1. The van der Waals surface area contributed by atoms with Crippen molar-refractivity contribution in [3.63, 3.8) is 0 Å². The summed E-state index contributed by atoms with van der Waals surface area (Å²) in [5.41, 5.74) is 4.69. The van der Waals surface area contributed by atoms with Crippen LogP contribution in [0.25, 0.3) is 0 Å². The molecule has 2 aromatic carbocycles. The van der Waals surface area contributed by atoms with E-state index in [9.17, 15) is 9.90 Å². The van der Waals surface area contributed by atoms with Gasteiger partial charge in [0.2, 0.25) is 5.60 Å². The van der Waals surface area contributed by atoms with Gasteiger partial charge in [-0.2, -0.15) is 0 Å². The van der Waals surface area contributed by atoms with Gasteiger partial charge in [0.05, 0.1) is 10.6 Å². The van der Waals surface area contributed by atoms with Crippen LogP contribution in [-0.4, -0.2) is 11.0 Å². The molecule has 0 bridgehead atoms. The second-order valence-electron chi connectivity index (χ2n) is 5.14.